The molecule has 0 aromatic heterocycles. The highest BCUT2D eigenvalue weighted by atomic mass is 127. The Labute approximate surface area is 92.3 Å². The Balaban J connectivity index is 2.93. The predicted molar refractivity (Wildman–Crippen MR) is 62.5 cm³/mol. The fraction of sp³-hybridized carbons (Fsp3) is 0.400. The van der Waals surface area contributed by atoms with Gasteiger partial charge in [-0.15, -0.1) is 0 Å². The molecule has 72 valence electrons. The lowest BCUT2D eigenvalue weighted by molar-refractivity contribution is 0.276. The molecule has 3 N–H and O–H groups in total. The van der Waals surface area contributed by atoms with Gasteiger partial charge in [-0.3, -0.25) is 0 Å². The summed E-state index contributed by atoms with van der Waals surface area (Å²) in [6.07, 6.45) is 0.626. The van der Waals surface area contributed by atoms with Gasteiger partial charge in [-0.05, 0) is 53.1 Å². The first-order chi connectivity index (χ1) is 6.16. The van der Waals surface area contributed by atoms with Crippen LogP contribution in [0.4, 0.5) is 0 Å². The molecule has 0 saturated heterocycles. The molecule has 0 fully saturated rings. The summed E-state index contributed by atoms with van der Waals surface area (Å²) < 4.78 is 1.23. The minimum Gasteiger partial charge on any atom is -0.396 e. The van der Waals surface area contributed by atoms with Gasteiger partial charge >= 0.3 is 0 Å². The standard InChI is InChI=1S/C10H14INO/c1-7-8(10(12)5-6-13)3-2-4-9(7)11/h2-4,10,13H,5-6,12H2,1H3/t10-/m0/s1. The van der Waals surface area contributed by atoms with Crippen molar-refractivity contribution in [2.24, 2.45) is 5.73 Å². The van der Waals surface area contributed by atoms with E-state index < -0.39 is 0 Å². The average molecular weight is 291 g/mol. The summed E-state index contributed by atoms with van der Waals surface area (Å²) in [6.45, 7) is 2.21. The second-order valence-corrected chi connectivity index (χ2v) is 4.24. The van der Waals surface area contributed by atoms with Crippen LogP contribution in [0.5, 0.6) is 0 Å². The maximum atomic E-state index is 8.78. The number of nitrogens with two attached hydrogens (primary N) is 1. The summed E-state index contributed by atoms with van der Waals surface area (Å²) in [7, 11) is 0. The molecule has 1 rings (SSSR count). The summed E-state index contributed by atoms with van der Waals surface area (Å²) in [5.74, 6) is 0. The van der Waals surface area contributed by atoms with Crippen molar-refractivity contribution < 1.29 is 5.11 Å². The van der Waals surface area contributed by atoms with Crippen molar-refractivity contribution in [2.75, 3.05) is 6.61 Å². The van der Waals surface area contributed by atoms with E-state index in [1.54, 1.807) is 0 Å². The van der Waals surface area contributed by atoms with E-state index in [0.29, 0.717) is 6.42 Å². The Kier molecular flexibility index (Phi) is 4.15. The molecule has 3 heteroatoms. The molecule has 1 aromatic carbocycles. The van der Waals surface area contributed by atoms with Gasteiger partial charge in [0.1, 0.15) is 0 Å². The summed E-state index contributed by atoms with van der Waals surface area (Å²) in [5, 5.41) is 8.78. The van der Waals surface area contributed by atoms with Crippen molar-refractivity contribution >= 4 is 22.6 Å². The second kappa shape index (κ2) is 4.93. The Morgan fingerprint density at radius 2 is 2.23 bits per heavy atom. The van der Waals surface area contributed by atoms with Crippen LogP contribution in [0.2, 0.25) is 0 Å². The fourth-order valence-electron chi connectivity index (χ4n) is 1.32. The molecule has 0 amide bonds. The smallest absolute Gasteiger partial charge is 0.0449 e. The third-order valence-corrected chi connectivity index (χ3v) is 3.32. The van der Waals surface area contributed by atoms with Gasteiger partial charge in [-0.25, -0.2) is 0 Å². The topological polar surface area (TPSA) is 46.2 Å². The van der Waals surface area contributed by atoms with Crippen LogP contribution in [0.15, 0.2) is 18.2 Å². The van der Waals surface area contributed by atoms with Crippen molar-refractivity contribution in [3.05, 3.63) is 32.9 Å². The van der Waals surface area contributed by atoms with E-state index in [2.05, 4.69) is 35.6 Å². The number of benzene rings is 1. The van der Waals surface area contributed by atoms with Crippen LogP contribution in [0.3, 0.4) is 0 Å². The molecule has 0 radical (unpaired) electrons. The molecule has 0 aliphatic carbocycles. The zero-order valence-corrected chi connectivity index (χ0v) is 9.78. The van der Waals surface area contributed by atoms with E-state index in [0.717, 1.165) is 5.56 Å². The summed E-state index contributed by atoms with van der Waals surface area (Å²) in [4.78, 5) is 0. The summed E-state index contributed by atoms with van der Waals surface area (Å²) in [6, 6.07) is 6.05. The van der Waals surface area contributed by atoms with Gasteiger partial charge in [0.05, 0.1) is 0 Å². The molecule has 2 nitrogen and oxygen atoms in total. The minimum absolute atomic E-state index is 0.0419. The molecule has 13 heavy (non-hydrogen) atoms. The molecular weight excluding hydrogens is 277 g/mol. The third kappa shape index (κ3) is 2.65. The highest BCUT2D eigenvalue weighted by Crippen LogP contribution is 2.22. The van der Waals surface area contributed by atoms with Crippen LogP contribution in [0.25, 0.3) is 0 Å². The van der Waals surface area contributed by atoms with Crippen LogP contribution >= 0.6 is 22.6 Å². The first kappa shape index (κ1) is 10.9. The van der Waals surface area contributed by atoms with Crippen molar-refractivity contribution in [3.8, 4) is 0 Å². The Morgan fingerprint density at radius 1 is 1.54 bits per heavy atom. The Morgan fingerprint density at radius 3 is 2.85 bits per heavy atom. The molecule has 0 aliphatic rings. The van der Waals surface area contributed by atoms with Gasteiger partial charge in [0.2, 0.25) is 0 Å². The lowest BCUT2D eigenvalue weighted by Gasteiger charge is -2.14. The van der Waals surface area contributed by atoms with Crippen LogP contribution in [0.1, 0.15) is 23.6 Å². The molecular formula is C10H14INO. The molecule has 0 heterocycles. The first-order valence-electron chi connectivity index (χ1n) is 4.28. The molecule has 0 aliphatic heterocycles. The number of rotatable bonds is 3. The molecule has 0 bridgehead atoms. The summed E-state index contributed by atoms with van der Waals surface area (Å²) in [5.41, 5.74) is 8.28. The van der Waals surface area contributed by atoms with Crippen molar-refractivity contribution in [1.82, 2.24) is 0 Å². The molecule has 1 aromatic rings. The number of hydrogen-bond donors (Lipinski definition) is 2. The maximum Gasteiger partial charge on any atom is 0.0449 e. The molecule has 0 saturated carbocycles. The van der Waals surface area contributed by atoms with E-state index in [-0.39, 0.29) is 12.6 Å². The Bertz CT molecular complexity index is 288. The minimum atomic E-state index is -0.0419. The quantitative estimate of drug-likeness (QED) is 0.837. The van der Waals surface area contributed by atoms with Crippen LogP contribution in [-0.2, 0) is 0 Å². The van der Waals surface area contributed by atoms with E-state index in [1.807, 2.05) is 12.1 Å². The van der Waals surface area contributed by atoms with Crippen LogP contribution in [0, 0.1) is 10.5 Å². The van der Waals surface area contributed by atoms with Crippen LogP contribution < -0.4 is 5.73 Å². The molecule has 0 unspecified atom stereocenters. The fourth-order valence-corrected chi connectivity index (χ4v) is 1.84. The van der Waals surface area contributed by atoms with Crippen molar-refractivity contribution in [1.29, 1.82) is 0 Å². The highest BCUT2D eigenvalue weighted by Gasteiger charge is 2.09. The van der Waals surface area contributed by atoms with Gasteiger partial charge in [0, 0.05) is 16.2 Å². The lowest BCUT2D eigenvalue weighted by atomic mass is 10.00. The molecule has 0 spiro atoms. The zero-order chi connectivity index (χ0) is 9.84. The zero-order valence-electron chi connectivity index (χ0n) is 7.63. The number of halogens is 1. The number of aliphatic hydroxyl groups is 1. The monoisotopic (exact) mass is 291 g/mol. The summed E-state index contributed by atoms with van der Waals surface area (Å²) >= 11 is 2.29. The SMILES string of the molecule is Cc1c(I)cccc1[C@@H](N)CCO. The number of aliphatic hydroxyl groups excluding tert-OH is 1. The second-order valence-electron chi connectivity index (χ2n) is 3.07. The van der Waals surface area contributed by atoms with E-state index >= 15 is 0 Å². The van der Waals surface area contributed by atoms with E-state index in [4.69, 9.17) is 10.8 Å². The van der Waals surface area contributed by atoms with Gasteiger partial charge in [-0.2, -0.15) is 0 Å². The normalized spacial score (nSPS) is 12.9. The van der Waals surface area contributed by atoms with E-state index in [9.17, 15) is 0 Å². The largest absolute Gasteiger partial charge is 0.396 e. The average Bonchev–Trinajstić information content (AvgIpc) is 2.10. The maximum absolute atomic E-state index is 8.78. The van der Waals surface area contributed by atoms with Crippen LogP contribution in [-0.4, -0.2) is 11.7 Å². The molecule has 1 atom stereocenters. The van der Waals surface area contributed by atoms with Gasteiger partial charge < -0.3 is 10.8 Å². The number of hydrogen-bond acceptors (Lipinski definition) is 2. The first-order valence-corrected chi connectivity index (χ1v) is 5.36. The Hall–Kier alpha value is -0.130. The van der Waals surface area contributed by atoms with Gasteiger partial charge in [0.25, 0.3) is 0 Å². The van der Waals surface area contributed by atoms with Crippen molar-refractivity contribution in [2.45, 2.75) is 19.4 Å². The van der Waals surface area contributed by atoms with Gasteiger partial charge in [0.15, 0.2) is 0 Å². The third-order valence-electron chi connectivity index (χ3n) is 2.15. The highest BCUT2D eigenvalue weighted by molar-refractivity contribution is 14.1. The van der Waals surface area contributed by atoms with Crippen molar-refractivity contribution in [3.63, 3.8) is 0 Å². The predicted octanol–water partition coefficient (Wildman–Crippen LogP) is 1.98. The lowest BCUT2D eigenvalue weighted by Crippen LogP contribution is -2.13. The van der Waals surface area contributed by atoms with Gasteiger partial charge in [-0.1, -0.05) is 12.1 Å². The van der Waals surface area contributed by atoms with E-state index in [1.165, 1.54) is 9.13 Å².